The lowest BCUT2D eigenvalue weighted by atomic mass is 9.84. The Kier molecular flexibility index (Phi) is 4.30. The van der Waals surface area contributed by atoms with Crippen molar-refractivity contribution in [1.82, 2.24) is 20.5 Å². The lowest BCUT2D eigenvalue weighted by Gasteiger charge is -2.31. The zero-order chi connectivity index (χ0) is 11.2. The van der Waals surface area contributed by atoms with Crippen molar-refractivity contribution in [2.24, 2.45) is 11.7 Å². The van der Waals surface area contributed by atoms with Crippen molar-refractivity contribution < 1.29 is 0 Å². The van der Waals surface area contributed by atoms with Crippen molar-refractivity contribution in [3.63, 3.8) is 0 Å². The molecule has 0 aliphatic heterocycles. The minimum Gasteiger partial charge on any atom is -0.330 e. The van der Waals surface area contributed by atoms with Gasteiger partial charge in [-0.05, 0) is 25.3 Å². The largest absolute Gasteiger partial charge is 0.330 e. The van der Waals surface area contributed by atoms with Gasteiger partial charge in [-0.15, -0.1) is 0 Å². The molecule has 0 bridgehead atoms. The van der Waals surface area contributed by atoms with Crippen molar-refractivity contribution in [2.75, 3.05) is 13.1 Å². The predicted octanol–water partition coefficient (Wildman–Crippen LogP) is 0.454. The predicted molar refractivity (Wildman–Crippen MR) is 62.9 cm³/mol. The zero-order valence-electron chi connectivity index (χ0n) is 9.65. The van der Waals surface area contributed by atoms with Crippen LogP contribution in [-0.2, 0) is 6.42 Å². The van der Waals surface area contributed by atoms with E-state index in [0.29, 0.717) is 12.0 Å². The average molecular weight is 223 g/mol. The number of nitrogens with zero attached hydrogens (tertiary/aromatic N) is 2. The Morgan fingerprint density at radius 3 is 3.06 bits per heavy atom. The van der Waals surface area contributed by atoms with Gasteiger partial charge in [-0.1, -0.05) is 12.8 Å². The van der Waals surface area contributed by atoms with Gasteiger partial charge in [0, 0.05) is 19.0 Å². The highest BCUT2D eigenvalue weighted by Crippen LogP contribution is 2.23. The molecule has 0 spiro atoms. The highest BCUT2D eigenvalue weighted by Gasteiger charge is 2.22. The van der Waals surface area contributed by atoms with Crippen LogP contribution in [0.4, 0.5) is 0 Å². The van der Waals surface area contributed by atoms with E-state index in [1.807, 2.05) is 0 Å². The Morgan fingerprint density at radius 2 is 2.31 bits per heavy atom. The van der Waals surface area contributed by atoms with Gasteiger partial charge in [-0.3, -0.25) is 5.10 Å². The van der Waals surface area contributed by atoms with Crippen LogP contribution in [0.25, 0.3) is 0 Å². The fraction of sp³-hybridized carbons (Fsp3) is 0.818. The van der Waals surface area contributed by atoms with Gasteiger partial charge in [-0.2, -0.15) is 5.10 Å². The van der Waals surface area contributed by atoms with Crippen molar-refractivity contribution >= 4 is 0 Å². The molecule has 0 aromatic carbocycles. The highest BCUT2D eigenvalue weighted by molar-refractivity contribution is 4.85. The maximum absolute atomic E-state index is 5.79. The first-order valence-electron chi connectivity index (χ1n) is 6.18. The van der Waals surface area contributed by atoms with Crippen molar-refractivity contribution in [1.29, 1.82) is 0 Å². The molecule has 2 rings (SSSR count). The number of aromatic nitrogens is 3. The maximum atomic E-state index is 5.79. The normalized spacial score (nSPS) is 25.8. The van der Waals surface area contributed by atoms with E-state index in [4.69, 9.17) is 5.73 Å². The minimum atomic E-state index is 0.599. The second-order valence-corrected chi connectivity index (χ2v) is 4.52. The fourth-order valence-electron chi connectivity index (χ4n) is 2.49. The summed E-state index contributed by atoms with van der Waals surface area (Å²) < 4.78 is 0. The summed E-state index contributed by atoms with van der Waals surface area (Å²) in [5.74, 6) is 1.61. The van der Waals surface area contributed by atoms with Crippen LogP contribution in [0.15, 0.2) is 6.33 Å². The van der Waals surface area contributed by atoms with E-state index >= 15 is 0 Å². The molecular weight excluding hydrogens is 202 g/mol. The van der Waals surface area contributed by atoms with E-state index in [0.717, 1.165) is 25.3 Å². The first-order valence-corrected chi connectivity index (χ1v) is 6.18. The second-order valence-electron chi connectivity index (χ2n) is 4.52. The molecule has 90 valence electrons. The summed E-state index contributed by atoms with van der Waals surface area (Å²) in [4.78, 5) is 4.11. The molecule has 0 amide bonds. The molecule has 0 radical (unpaired) electrons. The van der Waals surface area contributed by atoms with E-state index in [9.17, 15) is 0 Å². The van der Waals surface area contributed by atoms with Gasteiger partial charge in [0.15, 0.2) is 0 Å². The third-order valence-corrected chi connectivity index (χ3v) is 3.45. The lowest BCUT2D eigenvalue weighted by molar-refractivity contribution is 0.269. The van der Waals surface area contributed by atoms with Gasteiger partial charge in [0.05, 0.1) is 0 Å². The fourth-order valence-corrected chi connectivity index (χ4v) is 2.49. The van der Waals surface area contributed by atoms with E-state index in [1.165, 1.54) is 25.7 Å². The van der Waals surface area contributed by atoms with Gasteiger partial charge in [0.2, 0.25) is 0 Å². The van der Waals surface area contributed by atoms with Crippen LogP contribution in [0.3, 0.4) is 0 Å². The van der Waals surface area contributed by atoms with Crippen LogP contribution in [0.5, 0.6) is 0 Å². The molecule has 1 aliphatic rings. The van der Waals surface area contributed by atoms with Gasteiger partial charge < -0.3 is 11.1 Å². The maximum Gasteiger partial charge on any atom is 0.137 e. The molecule has 1 aliphatic carbocycles. The molecule has 1 heterocycles. The number of hydrogen-bond acceptors (Lipinski definition) is 4. The van der Waals surface area contributed by atoms with E-state index < -0.39 is 0 Å². The Labute approximate surface area is 96.2 Å². The number of nitrogens with two attached hydrogens (primary N) is 1. The van der Waals surface area contributed by atoms with Crippen LogP contribution < -0.4 is 11.1 Å². The van der Waals surface area contributed by atoms with Crippen LogP contribution in [0.2, 0.25) is 0 Å². The molecule has 5 nitrogen and oxygen atoms in total. The molecule has 1 aromatic rings. The van der Waals surface area contributed by atoms with E-state index in [2.05, 4.69) is 20.5 Å². The molecule has 1 fully saturated rings. The highest BCUT2D eigenvalue weighted by atomic mass is 15.2. The second kappa shape index (κ2) is 5.96. The number of aromatic amines is 1. The van der Waals surface area contributed by atoms with Gasteiger partial charge in [0.1, 0.15) is 12.2 Å². The van der Waals surface area contributed by atoms with Crippen LogP contribution in [0, 0.1) is 5.92 Å². The molecular formula is C11H21N5. The van der Waals surface area contributed by atoms with Crippen LogP contribution in [-0.4, -0.2) is 34.3 Å². The molecule has 0 saturated heterocycles. The lowest BCUT2D eigenvalue weighted by Crippen LogP contribution is -2.42. The molecule has 1 saturated carbocycles. The quantitative estimate of drug-likeness (QED) is 0.677. The van der Waals surface area contributed by atoms with Crippen molar-refractivity contribution in [3.05, 3.63) is 12.2 Å². The van der Waals surface area contributed by atoms with E-state index in [1.54, 1.807) is 6.33 Å². The summed E-state index contributed by atoms with van der Waals surface area (Å²) in [6.07, 6.45) is 7.67. The van der Waals surface area contributed by atoms with Crippen LogP contribution >= 0.6 is 0 Å². The third-order valence-electron chi connectivity index (χ3n) is 3.45. The van der Waals surface area contributed by atoms with Gasteiger partial charge >= 0.3 is 0 Å². The SMILES string of the molecule is NCC1CCCCC1NCCc1ncn[nH]1. The third kappa shape index (κ3) is 3.02. The monoisotopic (exact) mass is 223 g/mol. The first-order chi connectivity index (χ1) is 7.90. The zero-order valence-corrected chi connectivity index (χ0v) is 9.65. The summed E-state index contributed by atoms with van der Waals surface area (Å²) in [6.45, 7) is 1.76. The molecule has 2 atom stereocenters. The summed E-state index contributed by atoms with van der Waals surface area (Å²) in [5, 5.41) is 10.3. The standard InChI is InChI=1S/C11H21N5/c12-7-9-3-1-2-4-10(9)13-6-5-11-14-8-15-16-11/h8-10,13H,1-7,12H2,(H,14,15,16). The number of hydrogen-bond donors (Lipinski definition) is 3. The Balaban J connectivity index is 1.71. The summed E-state index contributed by atoms with van der Waals surface area (Å²) in [5.41, 5.74) is 5.79. The average Bonchev–Trinajstić information content (AvgIpc) is 2.83. The molecule has 2 unspecified atom stereocenters. The smallest absolute Gasteiger partial charge is 0.137 e. The van der Waals surface area contributed by atoms with Crippen LogP contribution in [0.1, 0.15) is 31.5 Å². The van der Waals surface area contributed by atoms with Gasteiger partial charge in [0.25, 0.3) is 0 Å². The van der Waals surface area contributed by atoms with Gasteiger partial charge in [-0.25, -0.2) is 4.98 Å². The molecule has 1 aromatic heterocycles. The Morgan fingerprint density at radius 1 is 1.44 bits per heavy atom. The van der Waals surface area contributed by atoms with Crippen molar-refractivity contribution in [2.45, 2.75) is 38.1 Å². The number of H-pyrrole nitrogens is 1. The minimum absolute atomic E-state index is 0.599. The summed E-state index contributed by atoms with van der Waals surface area (Å²) in [7, 11) is 0. The van der Waals surface area contributed by atoms with E-state index in [-0.39, 0.29) is 0 Å². The molecule has 4 N–H and O–H groups in total. The summed E-state index contributed by atoms with van der Waals surface area (Å²) >= 11 is 0. The summed E-state index contributed by atoms with van der Waals surface area (Å²) in [6, 6.07) is 0.599. The number of nitrogens with one attached hydrogen (secondary N) is 2. The molecule has 16 heavy (non-hydrogen) atoms. The first kappa shape index (κ1) is 11.5. The number of rotatable bonds is 5. The topological polar surface area (TPSA) is 79.6 Å². The van der Waals surface area contributed by atoms with Crippen molar-refractivity contribution in [3.8, 4) is 0 Å². The Hall–Kier alpha value is -0.940. The Bertz CT molecular complexity index is 285. The molecule has 5 heteroatoms.